The minimum atomic E-state index is -3.11. The summed E-state index contributed by atoms with van der Waals surface area (Å²) in [6.07, 6.45) is 3.06. The molecule has 4 rings (SSSR count). The molecule has 0 radical (unpaired) electrons. The Morgan fingerprint density at radius 2 is 1.92 bits per heavy atom. The average Bonchev–Trinajstić information content (AvgIpc) is 2.94. The summed E-state index contributed by atoms with van der Waals surface area (Å²) in [5.41, 5.74) is 4.80. The summed E-state index contributed by atoms with van der Waals surface area (Å²) in [4.78, 5) is 0. The highest BCUT2D eigenvalue weighted by molar-refractivity contribution is 7.93. The molecular weight excluding hydrogens is 344 g/mol. The Balaban J connectivity index is 1.34. The smallest absolute Gasteiger partial charge is 0.235 e. The summed E-state index contributed by atoms with van der Waals surface area (Å²) in [7, 11) is -3.11. The second-order valence-electron chi connectivity index (χ2n) is 7.51. The molecule has 4 nitrogen and oxygen atoms in total. The minimum absolute atomic E-state index is 0.262. The Hall–Kier alpha value is -1.85. The van der Waals surface area contributed by atoms with Crippen molar-refractivity contribution in [3.8, 4) is 0 Å². The lowest BCUT2D eigenvalue weighted by Crippen LogP contribution is -2.39. The first kappa shape index (κ1) is 17.6. The van der Waals surface area contributed by atoms with E-state index in [-0.39, 0.29) is 5.75 Å². The zero-order valence-corrected chi connectivity index (χ0v) is 16.0. The Morgan fingerprint density at radius 3 is 2.65 bits per heavy atom. The zero-order valence-electron chi connectivity index (χ0n) is 15.2. The van der Waals surface area contributed by atoms with Crippen molar-refractivity contribution in [2.24, 2.45) is 0 Å². The maximum absolute atomic E-state index is 12.1. The third-order valence-electron chi connectivity index (χ3n) is 5.66. The van der Waals surface area contributed by atoms with Gasteiger partial charge in [-0.15, -0.1) is 0 Å². The van der Waals surface area contributed by atoms with Gasteiger partial charge in [0.1, 0.15) is 0 Å². The second-order valence-corrected chi connectivity index (χ2v) is 9.53. The number of sulfonamides is 1. The normalized spacial score (nSPS) is 24.4. The number of hydrogen-bond acceptors (Lipinski definition) is 3. The van der Waals surface area contributed by atoms with Crippen molar-refractivity contribution in [1.82, 2.24) is 5.32 Å². The van der Waals surface area contributed by atoms with Gasteiger partial charge >= 0.3 is 0 Å². The van der Waals surface area contributed by atoms with Crippen molar-refractivity contribution in [3.63, 3.8) is 0 Å². The summed E-state index contributed by atoms with van der Waals surface area (Å²) in [5.74, 6) is 0.924. The van der Waals surface area contributed by atoms with E-state index in [1.54, 1.807) is 4.31 Å². The number of nitrogens with one attached hydrogen (secondary N) is 1. The molecule has 138 valence electrons. The highest BCUT2D eigenvalue weighted by Gasteiger charge is 2.31. The zero-order chi connectivity index (χ0) is 18.1. The molecule has 1 N–H and O–H groups in total. The van der Waals surface area contributed by atoms with Gasteiger partial charge in [-0.25, -0.2) is 8.42 Å². The van der Waals surface area contributed by atoms with Gasteiger partial charge in [0.25, 0.3) is 0 Å². The molecule has 1 aliphatic carbocycles. The fourth-order valence-corrected chi connectivity index (χ4v) is 5.65. The van der Waals surface area contributed by atoms with Crippen LogP contribution in [0.3, 0.4) is 0 Å². The van der Waals surface area contributed by atoms with E-state index >= 15 is 0 Å². The van der Waals surface area contributed by atoms with Gasteiger partial charge in [0, 0.05) is 19.1 Å². The van der Waals surface area contributed by atoms with E-state index in [1.165, 1.54) is 24.0 Å². The predicted octanol–water partition coefficient (Wildman–Crippen LogP) is 3.57. The highest BCUT2D eigenvalue weighted by atomic mass is 32.2. The predicted molar refractivity (Wildman–Crippen MR) is 106 cm³/mol. The number of anilines is 1. The lowest BCUT2D eigenvalue weighted by atomic mass is 9.74. The van der Waals surface area contributed by atoms with E-state index < -0.39 is 10.0 Å². The number of aryl methyl sites for hydroxylation is 1. The molecule has 0 unspecified atom stereocenters. The van der Waals surface area contributed by atoms with E-state index in [1.807, 2.05) is 18.2 Å². The Morgan fingerprint density at radius 1 is 1.12 bits per heavy atom. The van der Waals surface area contributed by atoms with Crippen LogP contribution < -0.4 is 9.62 Å². The van der Waals surface area contributed by atoms with Gasteiger partial charge in [0.2, 0.25) is 10.0 Å². The largest absolute Gasteiger partial charge is 0.310 e. The van der Waals surface area contributed by atoms with E-state index in [4.69, 9.17) is 0 Å². The molecule has 1 heterocycles. The van der Waals surface area contributed by atoms with Crippen LogP contribution in [0.2, 0.25) is 0 Å². The molecule has 2 aromatic carbocycles. The van der Waals surface area contributed by atoms with E-state index in [2.05, 4.69) is 42.6 Å². The maximum atomic E-state index is 12.1. The maximum Gasteiger partial charge on any atom is 0.235 e. The van der Waals surface area contributed by atoms with Gasteiger partial charge in [0.05, 0.1) is 11.4 Å². The van der Waals surface area contributed by atoms with Crippen molar-refractivity contribution in [1.29, 1.82) is 0 Å². The van der Waals surface area contributed by atoms with E-state index in [0.717, 1.165) is 17.8 Å². The van der Waals surface area contributed by atoms with Crippen LogP contribution in [0.25, 0.3) is 0 Å². The lowest BCUT2D eigenvalue weighted by Gasteiger charge is -2.37. The molecule has 1 aliphatic heterocycles. The number of nitrogens with zero attached hydrogens (tertiary/aromatic N) is 1. The van der Waals surface area contributed by atoms with Gasteiger partial charge in [-0.3, -0.25) is 4.31 Å². The minimum Gasteiger partial charge on any atom is -0.310 e. The number of rotatable bonds is 5. The quantitative estimate of drug-likeness (QED) is 0.875. The van der Waals surface area contributed by atoms with Gasteiger partial charge in [-0.2, -0.15) is 0 Å². The van der Waals surface area contributed by atoms with Crippen molar-refractivity contribution in [2.45, 2.75) is 44.7 Å². The first-order valence-corrected chi connectivity index (χ1v) is 11.0. The number of hydrogen-bond donors (Lipinski definition) is 1. The summed E-state index contributed by atoms with van der Waals surface area (Å²) >= 11 is 0. The SMILES string of the molecule is Cc1ccccc1C1CC(NCc2cccc(N3CCCS3(=O)=O)c2)C1. The molecule has 2 aliphatic rings. The van der Waals surface area contributed by atoms with Gasteiger partial charge < -0.3 is 5.32 Å². The van der Waals surface area contributed by atoms with Crippen LogP contribution in [0.1, 0.15) is 41.9 Å². The third-order valence-corrected chi connectivity index (χ3v) is 7.53. The molecule has 0 atom stereocenters. The molecule has 1 saturated carbocycles. The Labute approximate surface area is 156 Å². The van der Waals surface area contributed by atoms with E-state index in [0.29, 0.717) is 24.9 Å². The second kappa shape index (κ2) is 7.05. The fourth-order valence-electron chi connectivity index (χ4n) is 4.10. The van der Waals surface area contributed by atoms with Crippen molar-refractivity contribution in [3.05, 3.63) is 65.2 Å². The van der Waals surface area contributed by atoms with Crippen molar-refractivity contribution in [2.75, 3.05) is 16.6 Å². The van der Waals surface area contributed by atoms with Crippen LogP contribution in [0, 0.1) is 6.92 Å². The van der Waals surface area contributed by atoms with Gasteiger partial charge in [0.15, 0.2) is 0 Å². The van der Waals surface area contributed by atoms with Crippen LogP contribution in [0.4, 0.5) is 5.69 Å². The summed E-state index contributed by atoms with van der Waals surface area (Å²) in [6.45, 7) is 3.57. The average molecular weight is 371 g/mol. The molecule has 0 amide bonds. The standard InChI is InChI=1S/C21H26N2O2S/c1-16-6-2-3-9-21(16)18-13-19(14-18)22-15-17-7-4-8-20(12-17)23-10-5-11-26(23,24)25/h2-4,6-9,12,18-19,22H,5,10-11,13-15H2,1H3. The first-order chi connectivity index (χ1) is 12.5. The molecule has 0 spiro atoms. The van der Waals surface area contributed by atoms with Crippen LogP contribution in [0.15, 0.2) is 48.5 Å². The van der Waals surface area contributed by atoms with Gasteiger partial charge in [-0.05, 0) is 60.9 Å². The van der Waals surface area contributed by atoms with Crippen LogP contribution in [-0.4, -0.2) is 26.8 Å². The molecule has 26 heavy (non-hydrogen) atoms. The number of benzene rings is 2. The summed E-state index contributed by atoms with van der Waals surface area (Å²) in [6, 6.07) is 17.1. The van der Waals surface area contributed by atoms with Crippen LogP contribution >= 0.6 is 0 Å². The summed E-state index contributed by atoms with van der Waals surface area (Å²) < 4.78 is 25.8. The lowest BCUT2D eigenvalue weighted by molar-refractivity contribution is 0.289. The first-order valence-electron chi connectivity index (χ1n) is 9.41. The molecular formula is C21H26N2O2S. The fraction of sp³-hybridized carbons (Fsp3) is 0.429. The molecule has 0 bridgehead atoms. The topological polar surface area (TPSA) is 49.4 Å². The third kappa shape index (κ3) is 3.51. The summed E-state index contributed by atoms with van der Waals surface area (Å²) in [5, 5.41) is 3.63. The highest BCUT2D eigenvalue weighted by Crippen LogP contribution is 2.38. The van der Waals surface area contributed by atoms with E-state index in [9.17, 15) is 8.42 Å². The molecule has 1 saturated heterocycles. The molecule has 0 aromatic heterocycles. The van der Waals surface area contributed by atoms with Gasteiger partial charge in [-0.1, -0.05) is 36.4 Å². The van der Waals surface area contributed by atoms with Crippen LogP contribution in [-0.2, 0) is 16.6 Å². The Bertz CT molecular complexity index is 888. The monoisotopic (exact) mass is 370 g/mol. The Kier molecular flexibility index (Phi) is 4.76. The van der Waals surface area contributed by atoms with Crippen molar-refractivity contribution >= 4 is 15.7 Å². The molecule has 2 aromatic rings. The van der Waals surface area contributed by atoms with Crippen LogP contribution in [0.5, 0.6) is 0 Å². The van der Waals surface area contributed by atoms with Crippen molar-refractivity contribution < 1.29 is 8.42 Å². The molecule has 2 fully saturated rings. The molecule has 5 heteroatoms.